The number of carboxylic acids is 1. The standard InChI is InChI=1S/C23H21N3O7/c1-12(27)20(22(29)30)25-21(28)18-10-19(33-26-18)24-23(31)32-11-17-15-8-4-2-6-13(15)14-7-3-5-9-16(14)17/h2-10,12,17,20,27H,11H2,1H3,(H,24,31)(H,25,28)(H,29,30)/t12-,20+/m1/s1. The van der Waals surface area contributed by atoms with E-state index in [1.165, 1.54) is 6.92 Å². The van der Waals surface area contributed by atoms with Crippen LogP contribution in [0.15, 0.2) is 59.1 Å². The Bertz CT molecular complexity index is 1160. The minimum absolute atomic E-state index is 0.0933. The summed E-state index contributed by atoms with van der Waals surface area (Å²) in [6, 6.07) is 15.5. The highest BCUT2D eigenvalue weighted by Gasteiger charge is 2.30. The third-order valence-corrected chi connectivity index (χ3v) is 5.35. The number of hydrogen-bond acceptors (Lipinski definition) is 7. The minimum atomic E-state index is -1.52. The zero-order valence-corrected chi connectivity index (χ0v) is 17.5. The SMILES string of the molecule is C[C@@H](O)[C@H](NC(=O)c1cc(NC(=O)OCC2c3ccccc3-c3ccccc32)on1)C(=O)O. The van der Waals surface area contributed by atoms with Crippen LogP contribution in [0.5, 0.6) is 0 Å². The predicted octanol–water partition coefficient (Wildman–Crippen LogP) is 2.60. The number of benzene rings is 2. The topological polar surface area (TPSA) is 151 Å². The van der Waals surface area contributed by atoms with Gasteiger partial charge in [-0.05, 0) is 29.2 Å². The predicted molar refractivity (Wildman–Crippen MR) is 116 cm³/mol. The Morgan fingerprint density at radius 3 is 2.27 bits per heavy atom. The fourth-order valence-electron chi connectivity index (χ4n) is 3.78. The van der Waals surface area contributed by atoms with Gasteiger partial charge in [0.1, 0.15) is 6.61 Å². The highest BCUT2D eigenvalue weighted by molar-refractivity contribution is 5.96. The molecule has 170 valence electrons. The second kappa shape index (κ2) is 9.13. The molecule has 0 bridgehead atoms. The molecule has 1 aliphatic carbocycles. The molecular weight excluding hydrogens is 430 g/mol. The molecule has 0 aliphatic heterocycles. The number of rotatable bonds is 7. The number of nitrogens with zero attached hydrogens (tertiary/aromatic N) is 1. The number of anilines is 1. The van der Waals surface area contributed by atoms with Crippen molar-refractivity contribution in [3.05, 3.63) is 71.4 Å². The fraction of sp³-hybridized carbons (Fsp3) is 0.217. The van der Waals surface area contributed by atoms with Gasteiger partial charge < -0.3 is 24.8 Å². The van der Waals surface area contributed by atoms with E-state index in [9.17, 15) is 19.5 Å². The van der Waals surface area contributed by atoms with E-state index in [2.05, 4.69) is 15.8 Å². The number of aromatic nitrogens is 1. The second-order valence-electron chi connectivity index (χ2n) is 7.56. The van der Waals surface area contributed by atoms with E-state index in [0.717, 1.165) is 28.3 Å². The highest BCUT2D eigenvalue weighted by atomic mass is 16.6. The Morgan fingerprint density at radius 1 is 1.09 bits per heavy atom. The van der Waals surface area contributed by atoms with Gasteiger partial charge in [0.15, 0.2) is 11.7 Å². The molecule has 4 rings (SSSR count). The smallest absolute Gasteiger partial charge is 0.414 e. The van der Waals surface area contributed by atoms with Crippen LogP contribution in [0.2, 0.25) is 0 Å². The lowest BCUT2D eigenvalue weighted by Gasteiger charge is -2.15. The monoisotopic (exact) mass is 451 g/mol. The largest absolute Gasteiger partial charge is 0.480 e. The Kier molecular flexibility index (Phi) is 6.09. The lowest BCUT2D eigenvalue weighted by molar-refractivity contribution is -0.141. The van der Waals surface area contributed by atoms with Crippen LogP contribution in [-0.4, -0.2) is 52.1 Å². The number of carbonyl (C=O) groups excluding carboxylic acids is 2. The first-order chi connectivity index (χ1) is 15.8. The van der Waals surface area contributed by atoms with Crippen LogP contribution in [0.4, 0.5) is 10.7 Å². The van der Waals surface area contributed by atoms with Crippen molar-refractivity contribution in [2.75, 3.05) is 11.9 Å². The number of fused-ring (bicyclic) bond motifs is 3. The number of nitrogens with one attached hydrogen (secondary N) is 2. The number of aliphatic hydroxyl groups excluding tert-OH is 1. The highest BCUT2D eigenvalue weighted by Crippen LogP contribution is 2.44. The average Bonchev–Trinajstić information content (AvgIpc) is 3.38. The second-order valence-corrected chi connectivity index (χ2v) is 7.56. The zero-order valence-electron chi connectivity index (χ0n) is 17.5. The molecule has 4 N–H and O–H groups in total. The van der Waals surface area contributed by atoms with Crippen LogP contribution in [0.25, 0.3) is 11.1 Å². The van der Waals surface area contributed by atoms with Crippen molar-refractivity contribution in [2.24, 2.45) is 0 Å². The van der Waals surface area contributed by atoms with Gasteiger partial charge in [-0.2, -0.15) is 0 Å². The summed E-state index contributed by atoms with van der Waals surface area (Å²) in [4.78, 5) is 35.5. The van der Waals surface area contributed by atoms with Crippen LogP contribution in [-0.2, 0) is 9.53 Å². The summed E-state index contributed by atoms with van der Waals surface area (Å²) in [5.74, 6) is -2.56. The van der Waals surface area contributed by atoms with Crippen molar-refractivity contribution in [1.82, 2.24) is 10.5 Å². The molecule has 2 aromatic carbocycles. The summed E-state index contributed by atoms with van der Waals surface area (Å²) in [5, 5.41) is 26.5. The zero-order chi connectivity index (χ0) is 23.5. The minimum Gasteiger partial charge on any atom is -0.480 e. The van der Waals surface area contributed by atoms with Gasteiger partial charge in [-0.15, -0.1) is 0 Å². The fourth-order valence-corrected chi connectivity index (χ4v) is 3.78. The van der Waals surface area contributed by atoms with E-state index in [1.807, 2.05) is 48.5 Å². The number of aliphatic carboxylic acids is 1. The number of hydrogen-bond donors (Lipinski definition) is 4. The van der Waals surface area contributed by atoms with E-state index in [-0.39, 0.29) is 24.1 Å². The number of ether oxygens (including phenoxy) is 1. The molecular formula is C23H21N3O7. The summed E-state index contributed by atoms with van der Waals surface area (Å²) >= 11 is 0. The molecule has 2 amide bonds. The van der Waals surface area contributed by atoms with Crippen molar-refractivity contribution in [3.8, 4) is 11.1 Å². The molecule has 0 spiro atoms. The van der Waals surface area contributed by atoms with Gasteiger partial charge >= 0.3 is 12.1 Å². The maximum absolute atomic E-state index is 12.3. The van der Waals surface area contributed by atoms with Crippen molar-refractivity contribution in [3.63, 3.8) is 0 Å². The van der Waals surface area contributed by atoms with Gasteiger partial charge in [-0.3, -0.25) is 10.1 Å². The molecule has 3 aromatic rings. The molecule has 1 aliphatic rings. The van der Waals surface area contributed by atoms with Gasteiger partial charge in [-0.25, -0.2) is 9.59 Å². The lowest BCUT2D eigenvalue weighted by Crippen LogP contribution is -2.47. The normalized spacial score (nSPS) is 14.0. The summed E-state index contributed by atoms with van der Waals surface area (Å²) in [6.45, 7) is 1.32. The summed E-state index contributed by atoms with van der Waals surface area (Å²) in [7, 11) is 0. The molecule has 2 atom stereocenters. The van der Waals surface area contributed by atoms with Crippen LogP contribution in [0.3, 0.4) is 0 Å². The van der Waals surface area contributed by atoms with Gasteiger partial charge in [0.25, 0.3) is 5.91 Å². The summed E-state index contributed by atoms with van der Waals surface area (Å²) < 4.78 is 10.3. The molecule has 1 heterocycles. The Balaban J connectivity index is 1.37. The van der Waals surface area contributed by atoms with Crippen molar-refractivity contribution in [2.45, 2.75) is 25.0 Å². The maximum atomic E-state index is 12.3. The van der Waals surface area contributed by atoms with E-state index in [0.29, 0.717) is 0 Å². The molecule has 33 heavy (non-hydrogen) atoms. The third-order valence-electron chi connectivity index (χ3n) is 5.35. The molecule has 0 saturated heterocycles. The quantitative estimate of drug-likeness (QED) is 0.428. The number of amides is 2. The van der Waals surface area contributed by atoms with Crippen LogP contribution >= 0.6 is 0 Å². The van der Waals surface area contributed by atoms with E-state index in [1.54, 1.807) is 0 Å². The molecule has 1 aromatic heterocycles. The van der Waals surface area contributed by atoms with E-state index >= 15 is 0 Å². The summed E-state index contributed by atoms with van der Waals surface area (Å²) in [6.07, 6.45) is -2.12. The maximum Gasteiger partial charge on any atom is 0.414 e. The van der Waals surface area contributed by atoms with Crippen molar-refractivity contribution in [1.29, 1.82) is 0 Å². The molecule has 10 heteroatoms. The molecule has 0 saturated carbocycles. The van der Waals surface area contributed by atoms with Gasteiger partial charge in [0.2, 0.25) is 5.88 Å². The van der Waals surface area contributed by atoms with Gasteiger partial charge in [0.05, 0.1) is 6.10 Å². The number of aliphatic hydroxyl groups is 1. The first-order valence-electron chi connectivity index (χ1n) is 10.2. The van der Waals surface area contributed by atoms with E-state index in [4.69, 9.17) is 14.4 Å². The molecule has 0 fully saturated rings. The Labute approximate surface area is 188 Å². The van der Waals surface area contributed by atoms with Gasteiger partial charge in [0, 0.05) is 12.0 Å². The first-order valence-corrected chi connectivity index (χ1v) is 10.2. The van der Waals surface area contributed by atoms with Crippen LogP contribution in [0.1, 0.15) is 34.5 Å². The average molecular weight is 451 g/mol. The molecule has 0 unspecified atom stereocenters. The third kappa shape index (κ3) is 4.55. The number of carbonyl (C=O) groups is 3. The van der Waals surface area contributed by atoms with Crippen molar-refractivity contribution >= 4 is 23.9 Å². The Hall–Kier alpha value is -4.18. The number of carboxylic acid groups (broad SMARTS) is 1. The first kappa shape index (κ1) is 22.0. The van der Waals surface area contributed by atoms with Crippen LogP contribution < -0.4 is 10.6 Å². The lowest BCUT2D eigenvalue weighted by atomic mass is 9.98. The molecule has 10 nitrogen and oxygen atoms in total. The molecule has 0 radical (unpaired) electrons. The van der Waals surface area contributed by atoms with Crippen molar-refractivity contribution < 1.29 is 33.9 Å². The Morgan fingerprint density at radius 2 is 1.70 bits per heavy atom. The summed E-state index contributed by atoms with van der Waals surface area (Å²) in [5.41, 5.74) is 4.07. The van der Waals surface area contributed by atoms with Crippen LogP contribution in [0, 0.1) is 0 Å². The van der Waals surface area contributed by atoms with E-state index < -0.39 is 30.1 Å². The van der Waals surface area contributed by atoms with Gasteiger partial charge in [-0.1, -0.05) is 53.7 Å².